The molecule has 2 nitrogen and oxygen atoms in total. The number of hydrogen-bond donors (Lipinski definition) is 1. The van der Waals surface area contributed by atoms with Gasteiger partial charge in [-0.2, -0.15) is 0 Å². The summed E-state index contributed by atoms with van der Waals surface area (Å²) in [6.07, 6.45) is 2.08. The van der Waals surface area contributed by atoms with Crippen LogP contribution >= 0.6 is 0 Å². The predicted molar refractivity (Wildman–Crippen MR) is 60.9 cm³/mol. The van der Waals surface area contributed by atoms with Crippen molar-refractivity contribution < 1.29 is 9.13 Å². The molecule has 0 aliphatic rings. The second kappa shape index (κ2) is 5.59. The molecule has 1 aromatic rings. The molecule has 0 saturated carbocycles. The van der Waals surface area contributed by atoms with Gasteiger partial charge in [-0.1, -0.05) is 13.8 Å². The van der Waals surface area contributed by atoms with Crippen molar-refractivity contribution in [2.75, 3.05) is 12.4 Å². The molecule has 0 fully saturated rings. The molecular weight excluding hydrogens is 193 g/mol. The van der Waals surface area contributed by atoms with Crippen molar-refractivity contribution in [3.05, 3.63) is 24.0 Å². The molecule has 0 radical (unpaired) electrons. The van der Waals surface area contributed by atoms with Crippen LogP contribution in [0.2, 0.25) is 0 Å². The van der Waals surface area contributed by atoms with E-state index in [1.807, 2.05) is 0 Å². The fourth-order valence-electron chi connectivity index (χ4n) is 1.50. The molecule has 0 saturated heterocycles. The van der Waals surface area contributed by atoms with Gasteiger partial charge in [0.15, 0.2) is 0 Å². The van der Waals surface area contributed by atoms with Crippen LogP contribution in [-0.2, 0) is 0 Å². The average molecular weight is 211 g/mol. The molecule has 0 aliphatic heterocycles. The highest BCUT2D eigenvalue weighted by atomic mass is 19.1. The molecule has 0 bridgehead atoms. The molecule has 0 unspecified atom stereocenters. The Bertz CT molecular complexity index is 310. The number of halogens is 1. The smallest absolute Gasteiger partial charge is 0.144 e. The van der Waals surface area contributed by atoms with Crippen LogP contribution in [0.5, 0.6) is 5.75 Å². The Labute approximate surface area is 90.4 Å². The summed E-state index contributed by atoms with van der Waals surface area (Å²) in [7, 11) is 1.55. The van der Waals surface area contributed by atoms with E-state index in [4.69, 9.17) is 4.74 Å². The topological polar surface area (TPSA) is 21.3 Å². The minimum atomic E-state index is -0.276. The monoisotopic (exact) mass is 211 g/mol. The number of rotatable bonds is 5. The average Bonchev–Trinajstić information content (AvgIpc) is 2.27. The van der Waals surface area contributed by atoms with E-state index in [0.29, 0.717) is 11.8 Å². The van der Waals surface area contributed by atoms with Crippen LogP contribution in [0.15, 0.2) is 18.2 Å². The second-order valence-electron chi connectivity index (χ2n) is 3.50. The van der Waals surface area contributed by atoms with Crippen LogP contribution in [0.1, 0.15) is 26.7 Å². The third-order valence-electron chi connectivity index (χ3n) is 2.51. The summed E-state index contributed by atoms with van der Waals surface area (Å²) in [4.78, 5) is 0. The fourth-order valence-corrected chi connectivity index (χ4v) is 1.50. The number of anilines is 1. The Balaban J connectivity index is 2.83. The lowest BCUT2D eigenvalue weighted by atomic mass is 10.1. The Morgan fingerprint density at radius 3 is 2.53 bits per heavy atom. The lowest BCUT2D eigenvalue weighted by molar-refractivity contribution is 0.412. The lowest BCUT2D eigenvalue weighted by Gasteiger charge is -2.18. The molecule has 1 rings (SSSR count). The SMILES string of the molecule is CCC(CC)Nc1ccc(F)cc1OC. The molecule has 0 spiro atoms. The van der Waals surface area contributed by atoms with E-state index in [1.54, 1.807) is 13.2 Å². The van der Waals surface area contributed by atoms with Crippen molar-refractivity contribution in [3.63, 3.8) is 0 Å². The first-order valence-electron chi connectivity index (χ1n) is 5.31. The van der Waals surface area contributed by atoms with Gasteiger partial charge >= 0.3 is 0 Å². The summed E-state index contributed by atoms with van der Waals surface area (Å²) < 4.78 is 18.0. The molecule has 84 valence electrons. The van der Waals surface area contributed by atoms with Crippen LogP contribution in [0.3, 0.4) is 0 Å². The highest BCUT2D eigenvalue weighted by molar-refractivity contribution is 5.56. The van der Waals surface area contributed by atoms with Gasteiger partial charge in [0.2, 0.25) is 0 Å². The fraction of sp³-hybridized carbons (Fsp3) is 0.500. The summed E-state index contributed by atoms with van der Waals surface area (Å²) in [5.74, 6) is 0.281. The van der Waals surface area contributed by atoms with E-state index in [-0.39, 0.29) is 5.82 Å². The Hall–Kier alpha value is -1.25. The van der Waals surface area contributed by atoms with Crippen LogP contribution in [0, 0.1) is 5.82 Å². The second-order valence-corrected chi connectivity index (χ2v) is 3.50. The Morgan fingerprint density at radius 1 is 1.33 bits per heavy atom. The van der Waals surface area contributed by atoms with Gasteiger partial charge in [0.25, 0.3) is 0 Å². The molecule has 3 heteroatoms. The summed E-state index contributed by atoms with van der Waals surface area (Å²) in [5.41, 5.74) is 0.854. The third-order valence-corrected chi connectivity index (χ3v) is 2.51. The molecule has 0 aliphatic carbocycles. The van der Waals surface area contributed by atoms with Gasteiger partial charge < -0.3 is 10.1 Å². The molecule has 0 aromatic heterocycles. The normalized spacial score (nSPS) is 10.5. The van der Waals surface area contributed by atoms with Crippen molar-refractivity contribution >= 4 is 5.69 Å². The Morgan fingerprint density at radius 2 is 2.00 bits per heavy atom. The van der Waals surface area contributed by atoms with Crippen molar-refractivity contribution in [3.8, 4) is 5.75 Å². The largest absolute Gasteiger partial charge is 0.494 e. The maximum Gasteiger partial charge on any atom is 0.144 e. The standard InChI is InChI=1S/C12H18FNO/c1-4-10(5-2)14-11-7-6-9(13)8-12(11)15-3/h6-8,10,14H,4-5H2,1-3H3. The predicted octanol–water partition coefficient (Wildman–Crippen LogP) is 3.43. The van der Waals surface area contributed by atoms with Gasteiger partial charge in [-0.3, -0.25) is 0 Å². The highest BCUT2D eigenvalue weighted by Gasteiger charge is 2.08. The summed E-state index contributed by atoms with van der Waals surface area (Å²) >= 11 is 0. The zero-order valence-corrected chi connectivity index (χ0v) is 9.51. The van der Waals surface area contributed by atoms with E-state index >= 15 is 0 Å². The quantitative estimate of drug-likeness (QED) is 0.805. The summed E-state index contributed by atoms with van der Waals surface area (Å²) in [5, 5.41) is 3.33. The molecule has 0 atom stereocenters. The first-order valence-corrected chi connectivity index (χ1v) is 5.31. The van der Waals surface area contributed by atoms with Gasteiger partial charge in [-0.25, -0.2) is 4.39 Å². The van der Waals surface area contributed by atoms with Gasteiger partial charge in [0.05, 0.1) is 12.8 Å². The minimum absolute atomic E-state index is 0.276. The summed E-state index contributed by atoms with van der Waals surface area (Å²) in [6, 6.07) is 4.95. The van der Waals surface area contributed by atoms with Crippen LogP contribution in [0.25, 0.3) is 0 Å². The van der Waals surface area contributed by atoms with Crippen LogP contribution in [-0.4, -0.2) is 13.2 Å². The van der Waals surface area contributed by atoms with Crippen molar-refractivity contribution in [2.45, 2.75) is 32.7 Å². The lowest BCUT2D eigenvalue weighted by Crippen LogP contribution is -2.17. The van der Waals surface area contributed by atoms with Gasteiger partial charge in [-0.15, -0.1) is 0 Å². The van der Waals surface area contributed by atoms with E-state index in [2.05, 4.69) is 19.2 Å². The maximum atomic E-state index is 12.9. The number of methoxy groups -OCH3 is 1. The first-order chi connectivity index (χ1) is 7.21. The molecule has 0 heterocycles. The molecular formula is C12H18FNO. The number of ether oxygens (including phenoxy) is 1. The van der Waals surface area contributed by atoms with Crippen molar-refractivity contribution in [1.82, 2.24) is 0 Å². The minimum Gasteiger partial charge on any atom is -0.494 e. The molecule has 15 heavy (non-hydrogen) atoms. The first kappa shape index (κ1) is 11.8. The van der Waals surface area contributed by atoms with E-state index < -0.39 is 0 Å². The van der Waals surface area contributed by atoms with E-state index in [0.717, 1.165) is 18.5 Å². The highest BCUT2D eigenvalue weighted by Crippen LogP contribution is 2.26. The zero-order valence-electron chi connectivity index (χ0n) is 9.51. The van der Waals surface area contributed by atoms with E-state index in [9.17, 15) is 4.39 Å². The number of nitrogens with one attached hydrogen (secondary N) is 1. The van der Waals surface area contributed by atoms with Gasteiger partial charge in [-0.05, 0) is 25.0 Å². The van der Waals surface area contributed by atoms with Crippen LogP contribution < -0.4 is 10.1 Å². The van der Waals surface area contributed by atoms with Gasteiger partial charge in [0, 0.05) is 12.1 Å². The van der Waals surface area contributed by atoms with Crippen LogP contribution in [0.4, 0.5) is 10.1 Å². The molecule has 1 aromatic carbocycles. The van der Waals surface area contributed by atoms with E-state index in [1.165, 1.54) is 12.1 Å². The van der Waals surface area contributed by atoms with Crippen molar-refractivity contribution in [2.24, 2.45) is 0 Å². The number of hydrogen-bond acceptors (Lipinski definition) is 2. The third kappa shape index (κ3) is 3.11. The summed E-state index contributed by atoms with van der Waals surface area (Å²) in [6.45, 7) is 4.24. The van der Waals surface area contributed by atoms with Gasteiger partial charge in [0.1, 0.15) is 11.6 Å². The molecule has 1 N–H and O–H groups in total. The number of benzene rings is 1. The molecule has 0 amide bonds. The maximum absolute atomic E-state index is 12.9. The zero-order chi connectivity index (χ0) is 11.3. The Kier molecular flexibility index (Phi) is 4.40. The van der Waals surface area contributed by atoms with Crippen molar-refractivity contribution in [1.29, 1.82) is 0 Å².